The lowest BCUT2D eigenvalue weighted by molar-refractivity contribution is -0.953. The van der Waals surface area contributed by atoms with Crippen LogP contribution < -0.4 is 0 Å². The number of benzene rings is 1. The number of aliphatic hydroxyl groups is 1. The molecule has 1 N–H and O–H groups in total. The van der Waals surface area contributed by atoms with E-state index in [0.717, 1.165) is 23.1 Å². The molecule has 0 aliphatic carbocycles. The predicted molar refractivity (Wildman–Crippen MR) is 74.6 cm³/mol. The minimum absolute atomic E-state index is 0.0565. The zero-order valence-corrected chi connectivity index (χ0v) is 12.1. The molecule has 1 aromatic carbocycles. The smallest absolute Gasteiger partial charge is 0.248 e. The molecule has 3 rings (SSSR count). The first-order valence-corrected chi connectivity index (χ1v) is 7.44. The number of quaternary nitrogens is 1. The fraction of sp³-hybridized carbons (Fsp3) is 0.600. The Morgan fingerprint density at radius 2 is 1.84 bits per heavy atom. The second kappa shape index (κ2) is 4.74. The third kappa shape index (κ3) is 2.29. The van der Waals surface area contributed by atoms with Crippen molar-refractivity contribution in [2.24, 2.45) is 0 Å². The van der Waals surface area contributed by atoms with E-state index >= 15 is 0 Å². The second-order valence-corrected chi connectivity index (χ2v) is 6.33. The van der Waals surface area contributed by atoms with Crippen LogP contribution in [0.5, 0.6) is 0 Å². The lowest BCUT2D eigenvalue weighted by Crippen LogP contribution is -2.54. The van der Waals surface area contributed by atoms with Gasteiger partial charge in [-0.1, -0.05) is 23.7 Å². The summed E-state index contributed by atoms with van der Waals surface area (Å²) in [5.41, 5.74) is 0.810. The summed E-state index contributed by atoms with van der Waals surface area (Å²) in [4.78, 5) is 0. The minimum Gasteiger partial charge on any atom is -0.357 e. The zero-order valence-electron chi connectivity index (χ0n) is 11.3. The molecule has 2 fully saturated rings. The van der Waals surface area contributed by atoms with Gasteiger partial charge in [-0.25, -0.2) is 0 Å². The van der Waals surface area contributed by atoms with E-state index in [1.54, 1.807) is 0 Å². The highest BCUT2D eigenvalue weighted by Gasteiger charge is 2.54. The van der Waals surface area contributed by atoms with Gasteiger partial charge >= 0.3 is 0 Å². The van der Waals surface area contributed by atoms with Gasteiger partial charge in [0.1, 0.15) is 6.54 Å². The summed E-state index contributed by atoms with van der Waals surface area (Å²) in [6, 6.07) is 7.34. The van der Waals surface area contributed by atoms with E-state index in [1.165, 1.54) is 19.3 Å². The maximum absolute atomic E-state index is 10.9. The fourth-order valence-electron chi connectivity index (χ4n) is 3.52. The molecule has 2 heterocycles. The maximum Gasteiger partial charge on any atom is 0.248 e. The Bertz CT molecular complexity index is 456. The molecule has 2 saturated heterocycles. The van der Waals surface area contributed by atoms with Crippen LogP contribution >= 0.6 is 11.6 Å². The monoisotopic (exact) mass is 282 g/mol. The molecule has 0 amide bonds. The average molecular weight is 283 g/mol. The SMILES string of the molecule is C[C@@H]1O[C@](O)(c2ccc(Cl)cc2)C[N+]12CCCCC2. The molecule has 0 bridgehead atoms. The van der Waals surface area contributed by atoms with Crippen molar-refractivity contribution in [2.45, 2.75) is 38.2 Å². The molecule has 2 aliphatic rings. The lowest BCUT2D eigenvalue weighted by Gasteiger charge is -2.39. The topological polar surface area (TPSA) is 29.5 Å². The quantitative estimate of drug-likeness (QED) is 0.803. The van der Waals surface area contributed by atoms with Crippen LogP contribution in [0.1, 0.15) is 31.7 Å². The van der Waals surface area contributed by atoms with E-state index in [9.17, 15) is 5.11 Å². The van der Waals surface area contributed by atoms with Gasteiger partial charge in [-0.2, -0.15) is 0 Å². The molecule has 0 unspecified atom stereocenters. The van der Waals surface area contributed by atoms with Crippen LogP contribution in [0.2, 0.25) is 5.02 Å². The number of hydrogen-bond acceptors (Lipinski definition) is 2. The molecule has 0 radical (unpaired) electrons. The van der Waals surface area contributed by atoms with Crippen molar-refractivity contribution >= 4 is 11.6 Å². The molecule has 104 valence electrons. The Morgan fingerprint density at radius 3 is 2.47 bits per heavy atom. The van der Waals surface area contributed by atoms with Crippen molar-refractivity contribution in [3.05, 3.63) is 34.9 Å². The van der Waals surface area contributed by atoms with Crippen molar-refractivity contribution in [3.8, 4) is 0 Å². The van der Waals surface area contributed by atoms with Gasteiger partial charge in [0, 0.05) is 17.5 Å². The molecular weight excluding hydrogens is 262 g/mol. The number of ether oxygens (including phenoxy) is 1. The summed E-state index contributed by atoms with van der Waals surface area (Å²) in [6.45, 7) is 4.95. The number of halogens is 1. The maximum atomic E-state index is 10.9. The molecule has 19 heavy (non-hydrogen) atoms. The van der Waals surface area contributed by atoms with Gasteiger partial charge in [0.25, 0.3) is 0 Å². The number of nitrogens with zero attached hydrogens (tertiary/aromatic N) is 1. The highest BCUT2D eigenvalue weighted by Crippen LogP contribution is 2.40. The van der Waals surface area contributed by atoms with Crippen molar-refractivity contribution < 1.29 is 14.3 Å². The van der Waals surface area contributed by atoms with Gasteiger partial charge in [0.05, 0.1) is 13.1 Å². The van der Waals surface area contributed by atoms with Crippen LogP contribution in [-0.4, -0.2) is 35.5 Å². The van der Waals surface area contributed by atoms with Crippen molar-refractivity contribution in [1.82, 2.24) is 0 Å². The Hall–Kier alpha value is -0.610. The van der Waals surface area contributed by atoms with Crippen LogP contribution in [0, 0.1) is 0 Å². The van der Waals surface area contributed by atoms with E-state index in [2.05, 4.69) is 6.92 Å². The fourth-order valence-corrected chi connectivity index (χ4v) is 3.65. The number of piperidine rings is 1. The van der Waals surface area contributed by atoms with Crippen molar-refractivity contribution in [3.63, 3.8) is 0 Å². The highest BCUT2D eigenvalue weighted by atomic mass is 35.5. The molecule has 3 nitrogen and oxygen atoms in total. The largest absolute Gasteiger partial charge is 0.357 e. The van der Waals surface area contributed by atoms with Crippen molar-refractivity contribution in [1.29, 1.82) is 0 Å². The van der Waals surface area contributed by atoms with E-state index in [1.807, 2.05) is 24.3 Å². The average Bonchev–Trinajstić information content (AvgIpc) is 2.63. The summed E-state index contributed by atoms with van der Waals surface area (Å²) in [5.74, 6) is -1.17. The van der Waals surface area contributed by atoms with Crippen LogP contribution in [-0.2, 0) is 10.5 Å². The summed E-state index contributed by atoms with van der Waals surface area (Å²) in [5, 5.41) is 11.5. The highest BCUT2D eigenvalue weighted by molar-refractivity contribution is 6.30. The van der Waals surface area contributed by atoms with Crippen molar-refractivity contribution in [2.75, 3.05) is 19.6 Å². The van der Waals surface area contributed by atoms with Gasteiger partial charge in [-0.3, -0.25) is 9.22 Å². The van der Waals surface area contributed by atoms with Crippen LogP contribution in [0.25, 0.3) is 0 Å². The van der Waals surface area contributed by atoms with E-state index < -0.39 is 5.79 Å². The Kier molecular flexibility index (Phi) is 3.34. The van der Waals surface area contributed by atoms with E-state index in [0.29, 0.717) is 11.6 Å². The van der Waals surface area contributed by atoms with Gasteiger partial charge in [-0.05, 0) is 31.4 Å². The molecule has 4 heteroatoms. The standard InChI is InChI=1S/C15H21ClNO2/c1-12-17(9-3-2-4-10-17)11-15(18,19-12)13-5-7-14(16)8-6-13/h5-8,12,18H,2-4,9-11H2,1H3/q+1/t12-,15-/m0/s1. The van der Waals surface area contributed by atoms with Crippen LogP contribution in [0.4, 0.5) is 0 Å². The van der Waals surface area contributed by atoms with Gasteiger partial charge in [0.2, 0.25) is 5.79 Å². The Balaban J connectivity index is 1.88. The van der Waals surface area contributed by atoms with E-state index in [-0.39, 0.29) is 6.23 Å². The lowest BCUT2D eigenvalue weighted by atomic mass is 10.0. The molecule has 2 aliphatic heterocycles. The first-order chi connectivity index (χ1) is 9.04. The molecule has 0 saturated carbocycles. The molecule has 2 atom stereocenters. The first-order valence-electron chi connectivity index (χ1n) is 7.06. The summed E-state index contributed by atoms with van der Waals surface area (Å²) < 4.78 is 6.84. The minimum atomic E-state index is -1.17. The summed E-state index contributed by atoms with van der Waals surface area (Å²) in [7, 11) is 0. The second-order valence-electron chi connectivity index (χ2n) is 5.89. The van der Waals surface area contributed by atoms with Crippen LogP contribution in [0.15, 0.2) is 24.3 Å². The third-order valence-electron chi connectivity index (χ3n) is 4.67. The zero-order chi connectivity index (χ0) is 13.5. The third-order valence-corrected chi connectivity index (χ3v) is 4.92. The van der Waals surface area contributed by atoms with Crippen LogP contribution in [0.3, 0.4) is 0 Å². The predicted octanol–water partition coefficient (Wildman–Crippen LogP) is 2.86. The van der Waals surface area contributed by atoms with E-state index in [4.69, 9.17) is 16.3 Å². The van der Waals surface area contributed by atoms with Gasteiger partial charge < -0.3 is 5.11 Å². The van der Waals surface area contributed by atoms with Gasteiger partial charge in [0.15, 0.2) is 6.23 Å². The Labute approximate surface area is 119 Å². The number of rotatable bonds is 1. The molecule has 0 aromatic heterocycles. The first kappa shape index (κ1) is 13.4. The molecule has 1 spiro atoms. The normalized spacial score (nSPS) is 33.7. The molecular formula is C15H21ClNO2+. The summed E-state index contributed by atoms with van der Waals surface area (Å²) >= 11 is 5.91. The summed E-state index contributed by atoms with van der Waals surface area (Å²) in [6.07, 6.45) is 3.81. The number of hydrogen-bond donors (Lipinski definition) is 1. The molecule has 1 aromatic rings. The van der Waals surface area contributed by atoms with Gasteiger partial charge in [-0.15, -0.1) is 0 Å². The Morgan fingerprint density at radius 1 is 1.21 bits per heavy atom.